The van der Waals surface area contributed by atoms with Gasteiger partial charge >= 0.3 is 0 Å². The third-order valence-electron chi connectivity index (χ3n) is 3.76. The minimum atomic E-state index is 0.858. The molecule has 0 fully saturated rings. The Morgan fingerprint density at radius 2 is 1.64 bits per heavy atom. The molecule has 0 unspecified atom stereocenters. The lowest BCUT2D eigenvalue weighted by molar-refractivity contribution is 0.773. The van der Waals surface area contributed by atoms with Crippen LogP contribution in [-0.4, -0.2) is 4.98 Å². The zero-order valence-electron chi connectivity index (χ0n) is 11.9. The molecule has 3 nitrogen and oxygen atoms in total. The second-order valence-electron chi connectivity index (χ2n) is 5.16. The van der Waals surface area contributed by atoms with E-state index >= 15 is 0 Å². The van der Waals surface area contributed by atoms with E-state index in [9.17, 15) is 0 Å². The lowest BCUT2D eigenvalue weighted by Crippen LogP contribution is -2.47. The summed E-state index contributed by atoms with van der Waals surface area (Å²) in [7, 11) is 0. The van der Waals surface area contributed by atoms with Gasteiger partial charge in [0.25, 0.3) is 0 Å². The summed E-state index contributed by atoms with van der Waals surface area (Å²) in [5, 5.41) is 2.47. The van der Waals surface area contributed by atoms with Crippen LogP contribution in [0.5, 0.6) is 0 Å². The first kappa shape index (κ1) is 13.1. The first-order valence-corrected chi connectivity index (χ1v) is 8.07. The van der Waals surface area contributed by atoms with Crippen molar-refractivity contribution >= 4 is 22.7 Å². The monoisotopic (exact) mass is 305 g/mol. The summed E-state index contributed by atoms with van der Waals surface area (Å²) in [5.74, 6) is 0. The third kappa shape index (κ3) is 2.38. The summed E-state index contributed by atoms with van der Waals surface area (Å²) >= 11 is 1.68. The summed E-state index contributed by atoms with van der Waals surface area (Å²) < 4.78 is 0. The fourth-order valence-electron chi connectivity index (χ4n) is 2.71. The van der Waals surface area contributed by atoms with Crippen molar-refractivity contribution in [3.8, 4) is 0 Å². The molecule has 22 heavy (non-hydrogen) atoms. The first-order chi connectivity index (χ1) is 10.9. The topological polar surface area (TPSA) is 37.0 Å². The van der Waals surface area contributed by atoms with Crippen LogP contribution in [0.4, 0.5) is 0 Å². The predicted octanol–water partition coefficient (Wildman–Crippen LogP) is 1.76. The number of hydrogen-bond donors (Lipinski definition) is 2. The SMILES string of the molecule is c1ccc(C2=c3ccccc3=C(Cc3cncs3)NN2)cc1. The molecule has 0 saturated carbocycles. The molecule has 0 radical (unpaired) electrons. The highest BCUT2D eigenvalue weighted by atomic mass is 32.1. The number of nitrogens with zero attached hydrogens (tertiary/aromatic N) is 1. The maximum atomic E-state index is 4.16. The van der Waals surface area contributed by atoms with Gasteiger partial charge in [0.05, 0.1) is 11.2 Å². The van der Waals surface area contributed by atoms with Crippen molar-refractivity contribution in [2.75, 3.05) is 0 Å². The van der Waals surface area contributed by atoms with Crippen LogP contribution in [0.15, 0.2) is 66.3 Å². The maximum absolute atomic E-state index is 4.16. The van der Waals surface area contributed by atoms with E-state index in [1.807, 2.05) is 17.8 Å². The van der Waals surface area contributed by atoms with Gasteiger partial charge in [-0.2, -0.15) is 0 Å². The minimum Gasteiger partial charge on any atom is -0.304 e. The fourth-order valence-corrected chi connectivity index (χ4v) is 3.32. The van der Waals surface area contributed by atoms with E-state index in [1.54, 1.807) is 11.3 Å². The van der Waals surface area contributed by atoms with Gasteiger partial charge in [-0.05, 0) is 0 Å². The van der Waals surface area contributed by atoms with Gasteiger partial charge in [-0.15, -0.1) is 11.3 Å². The lowest BCUT2D eigenvalue weighted by atomic mass is 10.0. The Balaban J connectivity index is 1.92. The lowest BCUT2D eigenvalue weighted by Gasteiger charge is -2.21. The Kier molecular flexibility index (Phi) is 3.37. The molecule has 4 heteroatoms. The van der Waals surface area contributed by atoms with Crippen LogP contribution in [0.1, 0.15) is 10.4 Å². The fraction of sp³-hybridized carbons (Fsp3) is 0.0556. The van der Waals surface area contributed by atoms with Crippen LogP contribution in [0.25, 0.3) is 11.4 Å². The number of rotatable bonds is 3. The molecule has 0 saturated heterocycles. The molecular formula is C18H15N3S. The standard InChI is InChI=1S/C18H15N3S/c1-2-6-13(7-3-1)18-16-9-5-4-8-15(16)17(20-21-18)10-14-11-19-12-22-14/h1-9,11-12,20-21H,10H2. The van der Waals surface area contributed by atoms with E-state index in [0.717, 1.165) is 12.1 Å². The number of hydrazine groups is 1. The van der Waals surface area contributed by atoms with Crippen LogP contribution in [0.3, 0.4) is 0 Å². The van der Waals surface area contributed by atoms with Crippen LogP contribution >= 0.6 is 11.3 Å². The molecule has 1 aliphatic heterocycles. The van der Waals surface area contributed by atoms with E-state index in [1.165, 1.54) is 26.6 Å². The molecule has 0 atom stereocenters. The third-order valence-corrected chi connectivity index (χ3v) is 4.54. The number of aromatic nitrogens is 1. The van der Waals surface area contributed by atoms with Gasteiger partial charge in [-0.1, -0.05) is 54.6 Å². The summed E-state index contributed by atoms with van der Waals surface area (Å²) in [6.07, 6.45) is 2.79. The van der Waals surface area contributed by atoms with Crippen molar-refractivity contribution in [2.24, 2.45) is 0 Å². The predicted molar refractivity (Wildman–Crippen MR) is 90.1 cm³/mol. The van der Waals surface area contributed by atoms with Crippen LogP contribution in [-0.2, 0) is 6.42 Å². The maximum Gasteiger partial charge on any atom is 0.0794 e. The van der Waals surface area contributed by atoms with Crippen molar-refractivity contribution < 1.29 is 0 Å². The van der Waals surface area contributed by atoms with E-state index in [4.69, 9.17) is 0 Å². The normalized spacial score (nSPS) is 13.3. The molecule has 4 rings (SSSR count). The zero-order valence-corrected chi connectivity index (χ0v) is 12.7. The molecule has 1 aliphatic rings. The van der Waals surface area contributed by atoms with E-state index in [2.05, 4.69) is 64.4 Å². The molecule has 2 aromatic carbocycles. The van der Waals surface area contributed by atoms with Crippen molar-refractivity contribution in [1.29, 1.82) is 0 Å². The van der Waals surface area contributed by atoms with Gasteiger partial charge in [-0.25, -0.2) is 0 Å². The molecule has 0 amide bonds. The molecule has 0 spiro atoms. The summed E-state index contributed by atoms with van der Waals surface area (Å²) in [6, 6.07) is 18.9. The highest BCUT2D eigenvalue weighted by molar-refractivity contribution is 7.09. The van der Waals surface area contributed by atoms with E-state index in [0.29, 0.717) is 0 Å². The Morgan fingerprint density at radius 3 is 2.41 bits per heavy atom. The van der Waals surface area contributed by atoms with Crippen molar-refractivity contribution in [2.45, 2.75) is 6.42 Å². The highest BCUT2D eigenvalue weighted by Crippen LogP contribution is 2.13. The number of nitrogens with one attached hydrogen (secondary N) is 2. The minimum absolute atomic E-state index is 0.858. The molecule has 1 aromatic heterocycles. The van der Waals surface area contributed by atoms with Crippen molar-refractivity contribution in [3.05, 3.63) is 87.2 Å². The highest BCUT2D eigenvalue weighted by Gasteiger charge is 2.12. The average molecular weight is 305 g/mol. The molecular weight excluding hydrogens is 290 g/mol. The Hall–Kier alpha value is -2.59. The second kappa shape index (κ2) is 5.66. The molecule has 2 N–H and O–H groups in total. The molecule has 3 aromatic rings. The van der Waals surface area contributed by atoms with Crippen molar-refractivity contribution in [1.82, 2.24) is 15.8 Å². The molecule has 108 valence electrons. The summed E-state index contributed by atoms with van der Waals surface area (Å²) in [6.45, 7) is 0. The van der Waals surface area contributed by atoms with Gasteiger partial charge < -0.3 is 5.43 Å². The quantitative estimate of drug-likeness (QED) is 0.774. The van der Waals surface area contributed by atoms with Crippen molar-refractivity contribution in [3.63, 3.8) is 0 Å². The van der Waals surface area contributed by atoms with Gasteiger partial charge in [0, 0.05) is 39.2 Å². The van der Waals surface area contributed by atoms with Gasteiger partial charge in [0.15, 0.2) is 0 Å². The first-order valence-electron chi connectivity index (χ1n) is 7.19. The van der Waals surface area contributed by atoms with Crippen LogP contribution in [0, 0.1) is 0 Å². The van der Waals surface area contributed by atoms with Crippen LogP contribution in [0.2, 0.25) is 0 Å². The Morgan fingerprint density at radius 1 is 0.864 bits per heavy atom. The van der Waals surface area contributed by atoms with Gasteiger partial charge in [-0.3, -0.25) is 10.4 Å². The molecule has 2 heterocycles. The Labute approximate surface area is 132 Å². The summed E-state index contributed by atoms with van der Waals surface area (Å²) in [4.78, 5) is 5.41. The van der Waals surface area contributed by atoms with Gasteiger partial charge in [0.1, 0.15) is 0 Å². The second-order valence-corrected chi connectivity index (χ2v) is 6.13. The molecule has 0 aliphatic carbocycles. The van der Waals surface area contributed by atoms with E-state index in [-0.39, 0.29) is 0 Å². The van der Waals surface area contributed by atoms with E-state index < -0.39 is 0 Å². The van der Waals surface area contributed by atoms with Gasteiger partial charge in [0.2, 0.25) is 0 Å². The number of benzene rings is 2. The number of hydrogen-bond acceptors (Lipinski definition) is 4. The largest absolute Gasteiger partial charge is 0.304 e. The zero-order chi connectivity index (χ0) is 14.8. The smallest absolute Gasteiger partial charge is 0.0794 e. The van der Waals surface area contributed by atoms with Crippen LogP contribution < -0.4 is 21.3 Å². The summed E-state index contributed by atoms with van der Waals surface area (Å²) in [5.41, 5.74) is 12.1. The average Bonchev–Trinajstić information content (AvgIpc) is 3.09. The number of thiazole rings is 1. The molecule has 0 bridgehead atoms. The number of fused-ring (bicyclic) bond motifs is 1. The Bertz CT molecular complexity index is 899.